The number of hydrogen-bond acceptors (Lipinski definition) is 8. The number of carbonyl (C=O) groups excluding carboxylic acids is 4. The lowest BCUT2D eigenvalue weighted by atomic mass is 10.1. The highest BCUT2D eigenvalue weighted by atomic mass is 16.4. The number of carboxylic acids is 2. The fourth-order valence-corrected chi connectivity index (χ4v) is 2.90. The molecule has 1 rings (SSSR count). The third-order valence-corrected chi connectivity index (χ3v) is 4.49. The van der Waals surface area contributed by atoms with E-state index in [0.717, 1.165) is 4.90 Å². The van der Waals surface area contributed by atoms with Crippen LogP contribution in [-0.4, -0.2) is 99.7 Å². The van der Waals surface area contributed by atoms with Gasteiger partial charge in [-0.05, 0) is 19.8 Å². The van der Waals surface area contributed by atoms with E-state index >= 15 is 0 Å². The summed E-state index contributed by atoms with van der Waals surface area (Å²) < 4.78 is 0. The Morgan fingerprint density at radius 3 is 2.23 bits per heavy atom. The van der Waals surface area contributed by atoms with Crippen molar-refractivity contribution in [1.82, 2.24) is 20.9 Å². The highest BCUT2D eigenvalue weighted by Gasteiger charge is 2.37. The predicted octanol–water partition coefficient (Wildman–Crippen LogP) is -4.04. The molecule has 1 heterocycles. The van der Waals surface area contributed by atoms with Gasteiger partial charge in [-0.1, -0.05) is 0 Å². The highest BCUT2D eigenvalue weighted by Crippen LogP contribution is 2.18. The van der Waals surface area contributed by atoms with Gasteiger partial charge in [0.1, 0.15) is 18.1 Å². The lowest BCUT2D eigenvalue weighted by molar-refractivity contribution is -0.149. The number of carboxylic acid groups (broad SMARTS) is 2. The van der Waals surface area contributed by atoms with Crippen molar-refractivity contribution < 1.29 is 44.1 Å². The smallest absolute Gasteiger partial charge is 0.326 e. The maximum Gasteiger partial charge on any atom is 0.326 e. The van der Waals surface area contributed by atoms with Crippen molar-refractivity contribution in [2.24, 2.45) is 5.73 Å². The fourth-order valence-electron chi connectivity index (χ4n) is 2.90. The molecule has 0 aromatic carbocycles. The summed E-state index contributed by atoms with van der Waals surface area (Å²) >= 11 is 0. The molecular formula is C17H27N5O9. The maximum atomic E-state index is 12.5. The van der Waals surface area contributed by atoms with Crippen molar-refractivity contribution in [3.05, 3.63) is 0 Å². The van der Waals surface area contributed by atoms with Crippen LogP contribution < -0.4 is 21.7 Å². The molecule has 14 heteroatoms. The monoisotopic (exact) mass is 445 g/mol. The number of likely N-dealkylation sites (tertiary alicyclic amines) is 1. The molecule has 1 aliphatic rings. The fraction of sp³-hybridized carbons (Fsp3) is 0.647. The molecule has 31 heavy (non-hydrogen) atoms. The molecule has 0 aliphatic carbocycles. The highest BCUT2D eigenvalue weighted by molar-refractivity contribution is 5.95. The Bertz CT molecular complexity index is 727. The lowest BCUT2D eigenvalue weighted by Gasteiger charge is -2.26. The van der Waals surface area contributed by atoms with Crippen molar-refractivity contribution in [2.45, 2.75) is 50.4 Å². The molecule has 174 valence electrons. The summed E-state index contributed by atoms with van der Waals surface area (Å²) in [6.45, 7) is 0.0114. The Balaban J connectivity index is 2.66. The van der Waals surface area contributed by atoms with Gasteiger partial charge in [0.05, 0.1) is 25.6 Å². The molecule has 0 saturated carbocycles. The number of aliphatic hydroxyl groups excluding tert-OH is 1. The van der Waals surface area contributed by atoms with E-state index in [9.17, 15) is 33.9 Å². The number of aliphatic carboxylic acids is 2. The minimum absolute atomic E-state index is 0.162. The quantitative estimate of drug-likeness (QED) is 0.163. The maximum absolute atomic E-state index is 12.5. The molecule has 1 saturated heterocycles. The average Bonchev–Trinajstić information content (AvgIpc) is 3.18. The van der Waals surface area contributed by atoms with Gasteiger partial charge in [-0.25, -0.2) is 4.79 Å². The molecule has 0 aromatic rings. The number of amides is 4. The number of aliphatic hydroxyl groups is 1. The molecule has 0 unspecified atom stereocenters. The third-order valence-electron chi connectivity index (χ3n) is 4.49. The molecule has 14 nitrogen and oxygen atoms in total. The molecule has 1 fully saturated rings. The van der Waals surface area contributed by atoms with E-state index in [4.69, 9.17) is 15.9 Å². The summed E-state index contributed by atoms with van der Waals surface area (Å²) in [7, 11) is 0. The Labute approximate surface area is 177 Å². The number of hydrogen-bond donors (Lipinski definition) is 7. The van der Waals surface area contributed by atoms with Gasteiger partial charge < -0.3 is 41.9 Å². The van der Waals surface area contributed by atoms with Crippen molar-refractivity contribution in [3.8, 4) is 0 Å². The minimum Gasteiger partial charge on any atom is -0.481 e. The van der Waals surface area contributed by atoms with Crippen LogP contribution in [-0.2, 0) is 28.8 Å². The van der Waals surface area contributed by atoms with Gasteiger partial charge in [0.25, 0.3) is 0 Å². The first-order valence-corrected chi connectivity index (χ1v) is 9.46. The summed E-state index contributed by atoms with van der Waals surface area (Å²) in [5.41, 5.74) is 5.36. The van der Waals surface area contributed by atoms with Crippen LogP contribution in [0.5, 0.6) is 0 Å². The van der Waals surface area contributed by atoms with Crippen LogP contribution in [0.1, 0.15) is 26.2 Å². The molecule has 1 aliphatic heterocycles. The molecule has 0 aromatic heterocycles. The van der Waals surface area contributed by atoms with Gasteiger partial charge in [0.2, 0.25) is 23.6 Å². The minimum atomic E-state index is -1.49. The Kier molecular flexibility index (Phi) is 9.82. The summed E-state index contributed by atoms with van der Waals surface area (Å²) in [5, 5.41) is 33.9. The van der Waals surface area contributed by atoms with Gasteiger partial charge >= 0.3 is 11.9 Å². The summed E-state index contributed by atoms with van der Waals surface area (Å²) in [5.74, 6) is -5.97. The molecule has 0 bridgehead atoms. The largest absolute Gasteiger partial charge is 0.481 e. The van der Waals surface area contributed by atoms with Crippen molar-refractivity contribution in [2.75, 3.05) is 19.7 Å². The normalized spacial score (nSPS) is 18.4. The average molecular weight is 445 g/mol. The van der Waals surface area contributed by atoms with Crippen molar-refractivity contribution >= 4 is 35.6 Å². The van der Waals surface area contributed by atoms with E-state index in [1.54, 1.807) is 0 Å². The van der Waals surface area contributed by atoms with Crippen molar-refractivity contribution in [1.29, 1.82) is 0 Å². The van der Waals surface area contributed by atoms with Crippen LogP contribution in [0, 0.1) is 0 Å². The number of carbonyl (C=O) groups is 6. The molecule has 0 radical (unpaired) electrons. The Morgan fingerprint density at radius 1 is 1.06 bits per heavy atom. The van der Waals surface area contributed by atoms with Crippen LogP contribution in [0.4, 0.5) is 0 Å². The second kappa shape index (κ2) is 11.8. The summed E-state index contributed by atoms with van der Waals surface area (Å²) in [4.78, 5) is 71.5. The van der Waals surface area contributed by atoms with Crippen LogP contribution in [0.3, 0.4) is 0 Å². The lowest BCUT2D eigenvalue weighted by Crippen LogP contribution is -2.56. The van der Waals surface area contributed by atoms with E-state index in [1.165, 1.54) is 6.92 Å². The predicted molar refractivity (Wildman–Crippen MR) is 102 cm³/mol. The molecule has 4 amide bonds. The first kappa shape index (κ1) is 25.8. The number of nitrogens with one attached hydrogen (secondary N) is 3. The van der Waals surface area contributed by atoms with Gasteiger partial charge in [0, 0.05) is 6.54 Å². The third kappa shape index (κ3) is 7.82. The zero-order valence-corrected chi connectivity index (χ0v) is 16.9. The number of nitrogens with two attached hydrogens (primary N) is 1. The van der Waals surface area contributed by atoms with E-state index in [0.29, 0.717) is 6.42 Å². The van der Waals surface area contributed by atoms with E-state index in [2.05, 4.69) is 16.0 Å². The van der Waals surface area contributed by atoms with Gasteiger partial charge in [-0.15, -0.1) is 0 Å². The standard InChI is InChI=1S/C17H27N5O9/c1-8(18)14(27)21-9(5-13(25)26)15(28)19-6-12(24)20-10(7-23)16(29)22-4-2-3-11(22)17(30)31/h8-11,23H,2-7,18H2,1H3,(H,19,28)(H,20,24)(H,21,27)(H,25,26)(H,30,31)/t8-,9-,10-,11-/m0/s1. The summed E-state index contributed by atoms with van der Waals surface area (Å²) in [6.07, 6.45) is -0.0422. The number of nitrogens with zero attached hydrogens (tertiary/aromatic N) is 1. The topological polar surface area (TPSA) is 228 Å². The first-order chi connectivity index (χ1) is 14.5. The van der Waals surface area contributed by atoms with E-state index in [1.807, 2.05) is 0 Å². The van der Waals surface area contributed by atoms with Crippen LogP contribution >= 0.6 is 0 Å². The molecule has 0 spiro atoms. The van der Waals surface area contributed by atoms with Crippen LogP contribution in [0.25, 0.3) is 0 Å². The summed E-state index contributed by atoms with van der Waals surface area (Å²) in [6, 6.07) is -4.95. The number of rotatable bonds is 11. The van der Waals surface area contributed by atoms with Crippen molar-refractivity contribution in [3.63, 3.8) is 0 Å². The molecule has 4 atom stereocenters. The Hall–Kier alpha value is -3.26. The second-order valence-electron chi connectivity index (χ2n) is 7.00. The zero-order chi connectivity index (χ0) is 23.7. The van der Waals surface area contributed by atoms with E-state index < -0.39 is 79.3 Å². The second-order valence-corrected chi connectivity index (χ2v) is 7.00. The molecule has 8 N–H and O–H groups in total. The van der Waals surface area contributed by atoms with Crippen LogP contribution in [0.2, 0.25) is 0 Å². The van der Waals surface area contributed by atoms with Gasteiger partial charge in [0.15, 0.2) is 0 Å². The van der Waals surface area contributed by atoms with E-state index in [-0.39, 0.29) is 13.0 Å². The molecular weight excluding hydrogens is 418 g/mol. The Morgan fingerprint density at radius 2 is 1.71 bits per heavy atom. The van der Waals surface area contributed by atoms with Crippen LogP contribution in [0.15, 0.2) is 0 Å². The zero-order valence-electron chi connectivity index (χ0n) is 16.9. The van der Waals surface area contributed by atoms with Gasteiger partial charge in [-0.3, -0.25) is 24.0 Å². The van der Waals surface area contributed by atoms with Gasteiger partial charge in [-0.2, -0.15) is 0 Å². The SMILES string of the molecule is C[C@H](N)C(=O)N[C@@H](CC(=O)O)C(=O)NCC(=O)N[C@@H](CO)C(=O)N1CCC[C@H]1C(=O)O. The first-order valence-electron chi connectivity index (χ1n) is 9.46.